The molecule has 0 aromatic carbocycles. The first-order valence-corrected chi connectivity index (χ1v) is 7.56. The summed E-state index contributed by atoms with van der Waals surface area (Å²) in [4.78, 5) is 2.57. The number of nitrogens with zero attached hydrogens (tertiary/aromatic N) is 1. The molecule has 0 amide bonds. The fourth-order valence-corrected chi connectivity index (χ4v) is 4.21. The number of hydrogen-bond donors (Lipinski definition) is 1. The van der Waals surface area contributed by atoms with Crippen molar-refractivity contribution in [2.75, 3.05) is 20.2 Å². The molecular weight excluding hydrogens is 224 g/mol. The van der Waals surface area contributed by atoms with Gasteiger partial charge < -0.3 is 10.5 Å². The van der Waals surface area contributed by atoms with E-state index < -0.39 is 0 Å². The first kappa shape index (κ1) is 14.3. The molecule has 0 spiro atoms. The Morgan fingerprint density at radius 2 is 2.00 bits per heavy atom. The van der Waals surface area contributed by atoms with E-state index in [1.54, 1.807) is 0 Å². The van der Waals surface area contributed by atoms with Crippen molar-refractivity contribution in [1.82, 2.24) is 4.90 Å². The highest BCUT2D eigenvalue weighted by Gasteiger charge is 2.46. The Bertz CT molecular complexity index is 284. The lowest BCUT2D eigenvalue weighted by Crippen LogP contribution is -2.62. The standard InChI is InChI=1S/C15H30N2O/c1-11-5-7-15(10-16,12(2)9-11)17(4)14-6-8-18-13(14)3/h11-14H,5-10,16H2,1-4H3. The van der Waals surface area contributed by atoms with Gasteiger partial charge in [0, 0.05) is 24.7 Å². The normalized spacial score (nSPS) is 45.7. The summed E-state index contributed by atoms with van der Waals surface area (Å²) in [6.45, 7) is 8.65. The monoisotopic (exact) mass is 254 g/mol. The predicted octanol–water partition coefficient (Wildman–Crippen LogP) is 2.25. The molecule has 3 nitrogen and oxygen atoms in total. The van der Waals surface area contributed by atoms with E-state index in [1.807, 2.05) is 0 Å². The highest BCUT2D eigenvalue weighted by molar-refractivity contribution is 5.02. The molecule has 1 aliphatic heterocycles. The number of nitrogens with two attached hydrogens (primary N) is 1. The summed E-state index contributed by atoms with van der Waals surface area (Å²) >= 11 is 0. The molecule has 106 valence electrons. The van der Waals surface area contributed by atoms with Crippen LogP contribution in [-0.4, -0.2) is 42.8 Å². The summed E-state index contributed by atoms with van der Waals surface area (Å²) < 4.78 is 5.74. The Morgan fingerprint density at radius 1 is 1.28 bits per heavy atom. The molecule has 2 rings (SSSR count). The minimum atomic E-state index is 0.194. The second-order valence-corrected chi connectivity index (χ2v) is 6.63. The maximum atomic E-state index is 6.21. The molecule has 2 fully saturated rings. The van der Waals surface area contributed by atoms with Crippen molar-refractivity contribution >= 4 is 0 Å². The number of likely N-dealkylation sites (N-methyl/N-ethyl adjacent to an activating group) is 1. The lowest BCUT2D eigenvalue weighted by Gasteiger charge is -2.52. The SMILES string of the molecule is CC1CCC(CN)(N(C)C2CCOC2C)C(C)C1. The van der Waals surface area contributed by atoms with E-state index in [1.165, 1.54) is 19.3 Å². The first-order chi connectivity index (χ1) is 8.51. The molecule has 18 heavy (non-hydrogen) atoms. The van der Waals surface area contributed by atoms with Gasteiger partial charge in [0.2, 0.25) is 0 Å². The summed E-state index contributed by atoms with van der Waals surface area (Å²) in [5.41, 5.74) is 6.40. The van der Waals surface area contributed by atoms with Crippen molar-refractivity contribution in [2.45, 2.75) is 64.1 Å². The Balaban J connectivity index is 2.15. The van der Waals surface area contributed by atoms with Gasteiger partial charge in [-0.15, -0.1) is 0 Å². The van der Waals surface area contributed by atoms with Crippen molar-refractivity contribution in [3.8, 4) is 0 Å². The van der Waals surface area contributed by atoms with Crippen molar-refractivity contribution in [3.63, 3.8) is 0 Å². The van der Waals surface area contributed by atoms with Crippen LogP contribution in [0.4, 0.5) is 0 Å². The van der Waals surface area contributed by atoms with E-state index in [0.717, 1.165) is 25.5 Å². The highest BCUT2D eigenvalue weighted by atomic mass is 16.5. The van der Waals surface area contributed by atoms with Gasteiger partial charge in [0.25, 0.3) is 0 Å². The zero-order valence-electron chi connectivity index (χ0n) is 12.5. The van der Waals surface area contributed by atoms with Crippen molar-refractivity contribution in [3.05, 3.63) is 0 Å². The molecular formula is C15H30N2O. The number of hydrogen-bond acceptors (Lipinski definition) is 3. The van der Waals surface area contributed by atoms with Crippen molar-refractivity contribution in [1.29, 1.82) is 0 Å². The maximum Gasteiger partial charge on any atom is 0.0703 e. The lowest BCUT2D eigenvalue weighted by molar-refractivity contribution is -0.0291. The second-order valence-electron chi connectivity index (χ2n) is 6.63. The maximum absolute atomic E-state index is 6.21. The molecule has 1 saturated carbocycles. The summed E-state index contributed by atoms with van der Waals surface area (Å²) in [5.74, 6) is 1.54. The van der Waals surface area contributed by atoms with Gasteiger partial charge in [-0.1, -0.05) is 13.8 Å². The predicted molar refractivity (Wildman–Crippen MR) is 75.5 cm³/mol. The molecule has 0 radical (unpaired) electrons. The minimum Gasteiger partial charge on any atom is -0.377 e. The molecule has 1 saturated heterocycles. The second kappa shape index (κ2) is 5.48. The average molecular weight is 254 g/mol. The molecule has 5 atom stereocenters. The molecule has 1 heterocycles. The van der Waals surface area contributed by atoms with Gasteiger partial charge in [0.1, 0.15) is 0 Å². The van der Waals surface area contributed by atoms with Gasteiger partial charge in [-0.3, -0.25) is 4.90 Å². The van der Waals surface area contributed by atoms with Crippen LogP contribution in [0.1, 0.15) is 46.5 Å². The molecule has 3 heteroatoms. The third-order valence-corrected chi connectivity index (χ3v) is 5.63. The van der Waals surface area contributed by atoms with Crippen LogP contribution in [0.15, 0.2) is 0 Å². The highest BCUT2D eigenvalue weighted by Crippen LogP contribution is 2.41. The van der Waals surface area contributed by atoms with Crippen LogP contribution in [0, 0.1) is 11.8 Å². The van der Waals surface area contributed by atoms with Gasteiger partial charge in [-0.25, -0.2) is 0 Å². The zero-order chi connectivity index (χ0) is 13.3. The summed E-state index contributed by atoms with van der Waals surface area (Å²) in [6.07, 6.45) is 5.37. The summed E-state index contributed by atoms with van der Waals surface area (Å²) in [7, 11) is 2.27. The van der Waals surface area contributed by atoms with Crippen LogP contribution >= 0.6 is 0 Å². The largest absolute Gasteiger partial charge is 0.377 e. The van der Waals surface area contributed by atoms with E-state index in [9.17, 15) is 0 Å². The van der Waals surface area contributed by atoms with Crippen LogP contribution in [0.5, 0.6) is 0 Å². The smallest absolute Gasteiger partial charge is 0.0703 e. The quantitative estimate of drug-likeness (QED) is 0.839. The molecule has 0 aromatic heterocycles. The van der Waals surface area contributed by atoms with E-state index in [-0.39, 0.29) is 5.54 Å². The topological polar surface area (TPSA) is 38.5 Å². The van der Waals surface area contributed by atoms with Gasteiger partial charge in [0.05, 0.1) is 6.10 Å². The van der Waals surface area contributed by atoms with Crippen molar-refractivity contribution in [2.24, 2.45) is 17.6 Å². The summed E-state index contributed by atoms with van der Waals surface area (Å²) in [6, 6.07) is 0.546. The van der Waals surface area contributed by atoms with Crippen LogP contribution < -0.4 is 5.73 Å². The van der Waals surface area contributed by atoms with E-state index >= 15 is 0 Å². The van der Waals surface area contributed by atoms with Crippen LogP contribution in [0.2, 0.25) is 0 Å². The van der Waals surface area contributed by atoms with Crippen LogP contribution in [0.3, 0.4) is 0 Å². The zero-order valence-corrected chi connectivity index (χ0v) is 12.5. The van der Waals surface area contributed by atoms with Gasteiger partial charge in [-0.05, 0) is 51.5 Å². The Labute approximate surface area is 112 Å². The van der Waals surface area contributed by atoms with Gasteiger partial charge in [-0.2, -0.15) is 0 Å². The fourth-order valence-electron chi connectivity index (χ4n) is 4.21. The van der Waals surface area contributed by atoms with Gasteiger partial charge >= 0.3 is 0 Å². The third-order valence-electron chi connectivity index (χ3n) is 5.63. The van der Waals surface area contributed by atoms with E-state index in [4.69, 9.17) is 10.5 Å². The van der Waals surface area contributed by atoms with Crippen LogP contribution in [-0.2, 0) is 4.74 Å². The van der Waals surface area contributed by atoms with Crippen LogP contribution in [0.25, 0.3) is 0 Å². The molecule has 1 aliphatic carbocycles. The number of rotatable bonds is 3. The van der Waals surface area contributed by atoms with Gasteiger partial charge in [0.15, 0.2) is 0 Å². The Kier molecular flexibility index (Phi) is 4.35. The molecule has 2 aliphatic rings. The minimum absolute atomic E-state index is 0.194. The Morgan fingerprint density at radius 3 is 2.50 bits per heavy atom. The van der Waals surface area contributed by atoms with Crippen molar-refractivity contribution < 1.29 is 4.74 Å². The molecule has 0 bridgehead atoms. The fraction of sp³-hybridized carbons (Fsp3) is 1.00. The Hall–Kier alpha value is -0.120. The first-order valence-electron chi connectivity index (χ1n) is 7.56. The van der Waals surface area contributed by atoms with E-state index in [0.29, 0.717) is 18.1 Å². The summed E-state index contributed by atoms with van der Waals surface area (Å²) in [5, 5.41) is 0. The average Bonchev–Trinajstić information content (AvgIpc) is 2.75. The number of ether oxygens (including phenoxy) is 1. The molecule has 5 unspecified atom stereocenters. The molecule has 0 aromatic rings. The molecule has 2 N–H and O–H groups in total. The van der Waals surface area contributed by atoms with E-state index in [2.05, 4.69) is 32.7 Å². The lowest BCUT2D eigenvalue weighted by atomic mass is 9.68. The third kappa shape index (κ3) is 2.33.